The summed E-state index contributed by atoms with van der Waals surface area (Å²) in [5.41, 5.74) is -0.616. The standard InChI is InChI=1S/C16H22ClNO4/c1-12(2)15(17)22-16(19)18-8-9-20-14(10-18)11-21-13-6-4-3-5-7-13/h3-7,12,14-15H,8-11H2,1-2H3. The molecule has 0 spiro atoms. The highest BCUT2D eigenvalue weighted by Gasteiger charge is 2.27. The minimum atomic E-state index is -0.616. The van der Waals surface area contributed by atoms with Crippen molar-refractivity contribution in [2.45, 2.75) is 25.5 Å². The summed E-state index contributed by atoms with van der Waals surface area (Å²) in [6.45, 7) is 5.60. The van der Waals surface area contributed by atoms with E-state index in [2.05, 4.69) is 0 Å². The Morgan fingerprint density at radius 3 is 2.82 bits per heavy atom. The van der Waals surface area contributed by atoms with Crippen LogP contribution in [0.5, 0.6) is 5.75 Å². The molecule has 0 radical (unpaired) electrons. The minimum Gasteiger partial charge on any atom is -0.491 e. The van der Waals surface area contributed by atoms with Gasteiger partial charge < -0.3 is 19.1 Å². The van der Waals surface area contributed by atoms with Crippen molar-refractivity contribution in [2.75, 3.05) is 26.3 Å². The Labute approximate surface area is 136 Å². The predicted octanol–water partition coefficient (Wildman–Crippen LogP) is 3.12. The Hall–Kier alpha value is -1.46. The SMILES string of the molecule is CC(C)C(Cl)OC(=O)N1CCOC(COc2ccccc2)C1. The summed E-state index contributed by atoms with van der Waals surface area (Å²) in [7, 11) is 0. The van der Waals surface area contributed by atoms with Crippen LogP contribution in [0.4, 0.5) is 4.79 Å². The molecule has 2 atom stereocenters. The Kier molecular flexibility index (Phi) is 6.34. The van der Waals surface area contributed by atoms with Crippen LogP contribution in [-0.2, 0) is 9.47 Å². The van der Waals surface area contributed by atoms with Gasteiger partial charge in [-0.25, -0.2) is 4.79 Å². The number of morpholine rings is 1. The monoisotopic (exact) mass is 327 g/mol. The highest BCUT2D eigenvalue weighted by molar-refractivity contribution is 6.20. The van der Waals surface area contributed by atoms with Gasteiger partial charge in [-0.2, -0.15) is 0 Å². The van der Waals surface area contributed by atoms with Crippen molar-refractivity contribution >= 4 is 17.7 Å². The molecule has 2 rings (SSSR count). The lowest BCUT2D eigenvalue weighted by molar-refractivity contribution is -0.0476. The van der Waals surface area contributed by atoms with Gasteiger partial charge in [-0.3, -0.25) is 0 Å². The molecular weight excluding hydrogens is 306 g/mol. The van der Waals surface area contributed by atoms with Crippen molar-refractivity contribution in [3.8, 4) is 5.75 Å². The molecule has 0 aliphatic carbocycles. The quantitative estimate of drug-likeness (QED) is 0.780. The molecule has 1 aromatic carbocycles. The fraction of sp³-hybridized carbons (Fsp3) is 0.562. The largest absolute Gasteiger partial charge is 0.491 e. The Morgan fingerprint density at radius 2 is 2.14 bits per heavy atom. The number of alkyl halides is 1. The summed E-state index contributed by atoms with van der Waals surface area (Å²) in [6, 6.07) is 9.52. The fourth-order valence-electron chi connectivity index (χ4n) is 2.00. The van der Waals surface area contributed by atoms with Crippen molar-refractivity contribution in [3.63, 3.8) is 0 Å². The summed E-state index contributed by atoms with van der Waals surface area (Å²) in [5, 5.41) is 0. The van der Waals surface area contributed by atoms with Gasteiger partial charge in [0.2, 0.25) is 0 Å². The van der Waals surface area contributed by atoms with Crippen molar-refractivity contribution in [1.82, 2.24) is 4.90 Å². The van der Waals surface area contributed by atoms with Crippen LogP contribution in [0, 0.1) is 5.92 Å². The number of carbonyl (C=O) groups excluding carboxylic acids is 1. The number of hydrogen-bond acceptors (Lipinski definition) is 4. The molecule has 6 heteroatoms. The molecule has 0 N–H and O–H groups in total. The second-order valence-corrected chi connectivity index (χ2v) is 5.97. The molecule has 5 nitrogen and oxygen atoms in total. The number of nitrogens with zero attached hydrogens (tertiary/aromatic N) is 1. The fourth-order valence-corrected chi connectivity index (χ4v) is 2.08. The third-order valence-corrected chi connectivity index (χ3v) is 3.91. The first kappa shape index (κ1) is 16.9. The zero-order valence-corrected chi connectivity index (χ0v) is 13.7. The van der Waals surface area contributed by atoms with Gasteiger partial charge >= 0.3 is 6.09 Å². The first-order valence-corrected chi connectivity index (χ1v) is 7.89. The van der Waals surface area contributed by atoms with E-state index in [0.717, 1.165) is 5.75 Å². The normalized spacial score (nSPS) is 19.8. The predicted molar refractivity (Wildman–Crippen MR) is 84.2 cm³/mol. The van der Waals surface area contributed by atoms with Crippen LogP contribution >= 0.6 is 11.6 Å². The van der Waals surface area contributed by atoms with E-state index >= 15 is 0 Å². The lowest BCUT2D eigenvalue weighted by atomic mass is 10.2. The Bertz CT molecular complexity index is 468. The van der Waals surface area contributed by atoms with E-state index in [4.69, 9.17) is 25.8 Å². The Balaban J connectivity index is 1.80. The van der Waals surface area contributed by atoms with E-state index in [1.165, 1.54) is 0 Å². The molecule has 1 aliphatic heterocycles. The highest BCUT2D eigenvalue weighted by Crippen LogP contribution is 2.15. The zero-order chi connectivity index (χ0) is 15.9. The number of amides is 1. The second kappa shape index (κ2) is 8.25. The molecule has 1 aliphatic rings. The molecule has 22 heavy (non-hydrogen) atoms. The van der Waals surface area contributed by atoms with Gasteiger partial charge in [-0.1, -0.05) is 43.6 Å². The number of hydrogen-bond donors (Lipinski definition) is 0. The van der Waals surface area contributed by atoms with E-state index in [-0.39, 0.29) is 12.0 Å². The number of ether oxygens (including phenoxy) is 3. The molecule has 2 unspecified atom stereocenters. The van der Waals surface area contributed by atoms with Gasteiger partial charge in [0, 0.05) is 12.5 Å². The van der Waals surface area contributed by atoms with E-state index in [1.54, 1.807) is 4.90 Å². The van der Waals surface area contributed by atoms with E-state index < -0.39 is 11.7 Å². The van der Waals surface area contributed by atoms with Crippen molar-refractivity contribution in [2.24, 2.45) is 5.92 Å². The van der Waals surface area contributed by atoms with Gasteiger partial charge in [-0.05, 0) is 12.1 Å². The van der Waals surface area contributed by atoms with Crippen molar-refractivity contribution in [3.05, 3.63) is 30.3 Å². The molecule has 0 saturated carbocycles. The third-order valence-electron chi connectivity index (χ3n) is 3.31. The van der Waals surface area contributed by atoms with Gasteiger partial charge in [0.15, 0.2) is 5.56 Å². The molecule has 1 saturated heterocycles. The maximum atomic E-state index is 12.1. The van der Waals surface area contributed by atoms with Crippen LogP contribution in [-0.4, -0.2) is 49.0 Å². The topological polar surface area (TPSA) is 48.0 Å². The van der Waals surface area contributed by atoms with Crippen LogP contribution in [0.3, 0.4) is 0 Å². The van der Waals surface area contributed by atoms with Crippen LogP contribution in [0.2, 0.25) is 0 Å². The maximum absolute atomic E-state index is 12.1. The van der Waals surface area contributed by atoms with Crippen LogP contribution in [0.25, 0.3) is 0 Å². The van der Waals surface area contributed by atoms with Gasteiger partial charge in [0.05, 0.1) is 13.2 Å². The number of halogens is 1. The summed E-state index contributed by atoms with van der Waals surface area (Å²) in [4.78, 5) is 13.7. The highest BCUT2D eigenvalue weighted by atomic mass is 35.5. The van der Waals surface area contributed by atoms with Crippen LogP contribution in [0.15, 0.2) is 30.3 Å². The van der Waals surface area contributed by atoms with Crippen molar-refractivity contribution < 1.29 is 19.0 Å². The third kappa shape index (κ3) is 5.07. The lowest BCUT2D eigenvalue weighted by Gasteiger charge is -2.32. The Morgan fingerprint density at radius 1 is 1.41 bits per heavy atom. The summed E-state index contributed by atoms with van der Waals surface area (Å²) in [6.07, 6.45) is -0.573. The van der Waals surface area contributed by atoms with Gasteiger partial charge in [-0.15, -0.1) is 0 Å². The average Bonchev–Trinajstić information content (AvgIpc) is 2.54. The van der Waals surface area contributed by atoms with E-state index in [9.17, 15) is 4.79 Å². The smallest absolute Gasteiger partial charge is 0.411 e. The summed E-state index contributed by atoms with van der Waals surface area (Å²) in [5.74, 6) is 0.857. The number of para-hydroxylation sites is 1. The molecule has 1 heterocycles. The number of benzene rings is 1. The van der Waals surface area contributed by atoms with E-state index in [1.807, 2.05) is 44.2 Å². The molecule has 1 aromatic rings. The van der Waals surface area contributed by atoms with Gasteiger partial charge in [0.1, 0.15) is 18.5 Å². The molecule has 1 amide bonds. The minimum absolute atomic E-state index is 0.0730. The molecule has 1 fully saturated rings. The summed E-state index contributed by atoms with van der Waals surface area (Å²) >= 11 is 5.98. The molecule has 122 valence electrons. The first-order chi connectivity index (χ1) is 10.6. The van der Waals surface area contributed by atoms with Crippen LogP contribution in [0.1, 0.15) is 13.8 Å². The zero-order valence-electron chi connectivity index (χ0n) is 12.9. The van der Waals surface area contributed by atoms with Crippen LogP contribution < -0.4 is 4.74 Å². The lowest BCUT2D eigenvalue weighted by Crippen LogP contribution is -2.48. The first-order valence-electron chi connectivity index (χ1n) is 7.45. The molecular formula is C16H22ClNO4. The molecule has 0 bridgehead atoms. The summed E-state index contributed by atoms with van der Waals surface area (Å²) < 4.78 is 16.5. The van der Waals surface area contributed by atoms with E-state index in [0.29, 0.717) is 26.3 Å². The number of carbonyl (C=O) groups is 1. The average molecular weight is 328 g/mol. The van der Waals surface area contributed by atoms with Gasteiger partial charge in [0.25, 0.3) is 0 Å². The number of rotatable bonds is 5. The second-order valence-electron chi connectivity index (χ2n) is 5.54. The maximum Gasteiger partial charge on any atom is 0.411 e. The molecule has 0 aromatic heterocycles. The van der Waals surface area contributed by atoms with Crippen molar-refractivity contribution in [1.29, 1.82) is 0 Å².